The first-order valence-corrected chi connectivity index (χ1v) is 10.9. The van der Waals surface area contributed by atoms with Gasteiger partial charge in [-0.2, -0.15) is 22.8 Å². The second kappa shape index (κ2) is 11.1. The molecule has 3 amide bonds. The van der Waals surface area contributed by atoms with Crippen molar-refractivity contribution in [3.8, 4) is 0 Å². The van der Waals surface area contributed by atoms with Crippen molar-refractivity contribution in [2.24, 2.45) is 62.1 Å². The molecule has 6 aliphatic rings. The molecule has 0 aromatic heterocycles. The fourth-order valence-electron chi connectivity index (χ4n) is 2.46. The van der Waals surface area contributed by atoms with E-state index in [0.717, 1.165) is 0 Å². The molecule has 0 radical (unpaired) electrons. The van der Waals surface area contributed by atoms with Crippen molar-refractivity contribution < 1.29 is 48.6 Å². The molecule has 6 rings (SSSR count). The minimum absolute atomic E-state index is 0.0583. The number of amides is 3. The number of hydrogen-bond acceptors (Lipinski definition) is 19. The molecular weight excluding hydrogens is 533 g/mol. The Morgan fingerprint density at radius 3 is 1.05 bits per heavy atom. The number of nitrogens with one attached hydrogen (secondary N) is 3. The third kappa shape index (κ3) is 7.28. The van der Waals surface area contributed by atoms with Gasteiger partial charge in [-0.3, -0.25) is 17.2 Å². The quantitative estimate of drug-likeness (QED) is 0.156. The van der Waals surface area contributed by atoms with E-state index in [1.54, 1.807) is 0 Å². The molecule has 6 heterocycles. The SMILES string of the molecule is NC1=[NH+]C(=O)C2=NC=NC2=N1.NC1=[NH+]C(=O)C2=NC=NC2=N1.NC1=[NH+]C(=O)C2=NC=NC2=N1.O=P([O-])([O-])[O-]. The van der Waals surface area contributed by atoms with Crippen LogP contribution in [0.15, 0.2) is 44.9 Å². The molecular formula is C15H12N15O7P. The van der Waals surface area contributed by atoms with Gasteiger partial charge in [0.05, 0.1) is 0 Å². The van der Waals surface area contributed by atoms with Gasteiger partial charge in [-0.15, -0.1) is 0 Å². The molecule has 9 N–H and O–H groups in total. The average Bonchev–Trinajstić information content (AvgIpc) is 3.53. The molecule has 194 valence electrons. The monoisotopic (exact) mass is 545 g/mol. The number of aliphatic imine (C=N–C) groups is 9. The van der Waals surface area contributed by atoms with Gasteiger partial charge in [-0.25, -0.2) is 44.3 Å². The van der Waals surface area contributed by atoms with Crippen LogP contribution in [0.3, 0.4) is 0 Å². The summed E-state index contributed by atoms with van der Waals surface area (Å²) in [5.41, 5.74) is 16.4. The lowest BCUT2D eigenvalue weighted by atomic mass is 10.3. The molecule has 0 saturated heterocycles. The maximum atomic E-state index is 11.0. The number of carbonyl (C=O) groups excluding carboxylic acids is 3. The second-order valence-electron chi connectivity index (χ2n) is 6.44. The van der Waals surface area contributed by atoms with E-state index in [4.69, 9.17) is 36.4 Å². The molecule has 22 nitrogen and oxygen atoms in total. The Morgan fingerprint density at radius 1 is 0.579 bits per heavy atom. The molecule has 0 saturated carbocycles. The average molecular weight is 545 g/mol. The highest BCUT2D eigenvalue weighted by Crippen LogP contribution is 2.03. The first-order valence-electron chi connectivity index (χ1n) is 9.44. The van der Waals surface area contributed by atoms with Crippen molar-refractivity contribution in [1.82, 2.24) is 0 Å². The van der Waals surface area contributed by atoms with Gasteiger partial charge >= 0.3 is 35.6 Å². The Morgan fingerprint density at radius 2 is 0.816 bits per heavy atom. The van der Waals surface area contributed by atoms with E-state index in [2.05, 4.69) is 59.9 Å². The first kappa shape index (κ1) is 27.2. The van der Waals surface area contributed by atoms with Crippen LogP contribution in [-0.4, -0.2) is 89.3 Å². The zero-order chi connectivity index (χ0) is 28.0. The van der Waals surface area contributed by atoms with Gasteiger partial charge in [0.2, 0.25) is 17.1 Å². The van der Waals surface area contributed by atoms with Gasteiger partial charge in [-0.1, -0.05) is 0 Å². The van der Waals surface area contributed by atoms with E-state index < -0.39 is 7.82 Å². The van der Waals surface area contributed by atoms with Crippen LogP contribution in [0.25, 0.3) is 0 Å². The van der Waals surface area contributed by atoms with E-state index >= 15 is 0 Å². The van der Waals surface area contributed by atoms with Gasteiger partial charge < -0.3 is 19.2 Å². The van der Waals surface area contributed by atoms with Gasteiger partial charge in [0, 0.05) is 0 Å². The maximum Gasteiger partial charge on any atom is 0.392 e. The summed E-state index contributed by atoms with van der Waals surface area (Å²) in [4.78, 5) is 99.0. The Hall–Kier alpha value is -5.44. The summed E-state index contributed by atoms with van der Waals surface area (Å²) in [5.74, 6) is -0.0437. The molecule has 38 heavy (non-hydrogen) atoms. The number of rotatable bonds is 0. The summed E-state index contributed by atoms with van der Waals surface area (Å²) in [7, 11) is -5.39. The molecule has 23 heteroatoms. The Bertz CT molecular complexity index is 1370. The van der Waals surface area contributed by atoms with Crippen molar-refractivity contribution in [2.75, 3.05) is 0 Å². The molecule has 0 bridgehead atoms. The Labute approximate surface area is 208 Å². The highest BCUT2D eigenvalue weighted by atomic mass is 31.2. The van der Waals surface area contributed by atoms with Crippen LogP contribution in [0.1, 0.15) is 0 Å². The molecule has 0 atom stereocenters. The summed E-state index contributed by atoms with van der Waals surface area (Å²) in [5, 5.41) is 0. The van der Waals surface area contributed by atoms with Gasteiger partial charge in [0.25, 0.3) is 17.5 Å². The topological polar surface area (TPSA) is 369 Å². The van der Waals surface area contributed by atoms with Gasteiger partial charge in [-0.05, 0) is 15.0 Å². The van der Waals surface area contributed by atoms with Crippen LogP contribution in [-0.2, 0) is 18.9 Å². The number of hydrogen-bond donors (Lipinski definition) is 6. The van der Waals surface area contributed by atoms with Crippen molar-refractivity contribution in [1.29, 1.82) is 0 Å². The van der Waals surface area contributed by atoms with Crippen molar-refractivity contribution in [3.63, 3.8) is 0 Å². The Balaban J connectivity index is 0.000000145. The summed E-state index contributed by atoms with van der Waals surface area (Å²) in [6.45, 7) is 0. The molecule has 0 aromatic rings. The summed E-state index contributed by atoms with van der Waals surface area (Å²) < 4.78 is 8.55. The molecule has 0 aliphatic carbocycles. The number of carbonyl (C=O) groups is 3. The minimum atomic E-state index is -5.39. The van der Waals surface area contributed by atoms with Crippen LogP contribution in [0, 0.1) is 0 Å². The number of phosphoric acid groups is 1. The number of amidine groups is 3. The summed E-state index contributed by atoms with van der Waals surface area (Å²) in [6.07, 6.45) is 3.81. The fourth-order valence-corrected chi connectivity index (χ4v) is 2.46. The minimum Gasteiger partial charge on any atom is -0.822 e. The molecule has 0 aromatic carbocycles. The normalized spacial score (nSPS) is 19.6. The van der Waals surface area contributed by atoms with E-state index in [-0.39, 0.29) is 70.2 Å². The third-order valence-electron chi connectivity index (χ3n) is 3.79. The van der Waals surface area contributed by atoms with Gasteiger partial charge in [0.15, 0.2) is 0 Å². The van der Waals surface area contributed by atoms with Crippen LogP contribution >= 0.6 is 7.82 Å². The van der Waals surface area contributed by atoms with Crippen LogP contribution in [0.5, 0.6) is 0 Å². The molecule has 0 unspecified atom stereocenters. The van der Waals surface area contributed by atoms with E-state index in [1.807, 2.05) is 0 Å². The molecule has 6 aliphatic heterocycles. The van der Waals surface area contributed by atoms with Crippen LogP contribution in [0.4, 0.5) is 0 Å². The molecule has 0 fully saturated rings. The zero-order valence-corrected chi connectivity index (χ0v) is 19.2. The predicted molar refractivity (Wildman–Crippen MR) is 123 cm³/mol. The largest absolute Gasteiger partial charge is 0.822 e. The third-order valence-corrected chi connectivity index (χ3v) is 3.79. The highest BCUT2D eigenvalue weighted by molar-refractivity contribution is 7.40. The number of fused-ring (bicyclic) bond motifs is 3. The number of nitrogens with two attached hydrogens (primary N) is 3. The fraction of sp³-hybridized carbons (Fsp3) is 0. The standard InChI is InChI=1S/3C5H3N5O.H3O4P/c3*6-5-9-3-2(4(11)10-5)7-1-8-3;1-5(2,3)4/h3*1H,(H2,6,10,11);(H3,1,2,3,4). The maximum absolute atomic E-state index is 11.0. The Kier molecular flexibility index (Phi) is 7.92. The van der Waals surface area contributed by atoms with Crippen LogP contribution in [0.2, 0.25) is 0 Å². The van der Waals surface area contributed by atoms with E-state index in [0.29, 0.717) is 0 Å². The summed E-state index contributed by atoms with van der Waals surface area (Å²) in [6, 6.07) is 0. The highest BCUT2D eigenvalue weighted by Gasteiger charge is 2.31. The van der Waals surface area contributed by atoms with Crippen molar-refractivity contribution in [2.45, 2.75) is 0 Å². The van der Waals surface area contributed by atoms with Crippen LogP contribution < -0.4 is 46.9 Å². The summed E-state index contributed by atoms with van der Waals surface area (Å²) >= 11 is 0. The predicted octanol–water partition coefficient (Wildman–Crippen LogP) is -12.4. The lowest BCUT2D eigenvalue weighted by molar-refractivity contribution is -0.432. The van der Waals surface area contributed by atoms with Crippen molar-refractivity contribution >= 4 is 97.1 Å². The lowest BCUT2D eigenvalue weighted by Crippen LogP contribution is -2.83. The smallest absolute Gasteiger partial charge is 0.392 e. The van der Waals surface area contributed by atoms with Gasteiger partial charge in [0.1, 0.15) is 19.0 Å². The molecule has 0 spiro atoms. The number of guanidine groups is 3. The van der Waals surface area contributed by atoms with E-state index in [1.165, 1.54) is 19.0 Å². The van der Waals surface area contributed by atoms with Crippen molar-refractivity contribution in [3.05, 3.63) is 0 Å². The van der Waals surface area contributed by atoms with E-state index in [9.17, 15) is 14.4 Å². The first-order chi connectivity index (χ1) is 17.8. The number of nitrogens with zero attached hydrogens (tertiary/aromatic N) is 9. The lowest BCUT2D eigenvalue weighted by Gasteiger charge is -2.36. The second-order valence-corrected chi connectivity index (χ2v) is 7.33. The zero-order valence-electron chi connectivity index (χ0n) is 18.3.